The SMILES string of the molecule is CCOC(=O)c1ccc(N2C(=O)C3Sc4[nH]c(=O)sc4[C@H](c4ccc(O)c(OC)c4)C3C2=O)cc1. The number of thiazole rings is 1. The first kappa shape index (κ1) is 23.2. The third-order valence-corrected chi connectivity index (χ3v) is 8.42. The van der Waals surface area contributed by atoms with Gasteiger partial charge in [0.15, 0.2) is 11.5 Å². The molecule has 3 heterocycles. The maximum Gasteiger partial charge on any atom is 0.338 e. The number of nitrogens with zero attached hydrogens (tertiary/aromatic N) is 1. The van der Waals surface area contributed by atoms with Gasteiger partial charge in [0.25, 0.3) is 0 Å². The molecule has 0 saturated carbocycles. The number of rotatable bonds is 5. The van der Waals surface area contributed by atoms with Gasteiger partial charge in [0.2, 0.25) is 11.8 Å². The van der Waals surface area contributed by atoms with Crippen molar-refractivity contribution in [3.8, 4) is 11.5 Å². The predicted molar refractivity (Wildman–Crippen MR) is 129 cm³/mol. The minimum absolute atomic E-state index is 0.0578. The van der Waals surface area contributed by atoms with E-state index in [4.69, 9.17) is 9.47 Å². The molecule has 180 valence electrons. The first-order chi connectivity index (χ1) is 16.8. The van der Waals surface area contributed by atoms with Crippen LogP contribution in [0.4, 0.5) is 5.69 Å². The highest BCUT2D eigenvalue weighted by Crippen LogP contribution is 2.53. The number of aromatic amines is 1. The van der Waals surface area contributed by atoms with Crippen molar-refractivity contribution in [2.45, 2.75) is 23.1 Å². The van der Waals surface area contributed by atoms with E-state index in [0.29, 0.717) is 26.7 Å². The fourth-order valence-electron chi connectivity index (χ4n) is 4.48. The van der Waals surface area contributed by atoms with E-state index < -0.39 is 34.9 Å². The lowest BCUT2D eigenvalue weighted by Gasteiger charge is -2.30. The zero-order valence-corrected chi connectivity index (χ0v) is 20.3. The molecule has 0 aliphatic carbocycles. The molecule has 1 aromatic heterocycles. The molecule has 2 N–H and O–H groups in total. The third-order valence-electron chi connectivity index (χ3n) is 6.02. The van der Waals surface area contributed by atoms with Gasteiger partial charge in [0, 0.05) is 10.8 Å². The molecule has 0 spiro atoms. The number of ether oxygens (including phenoxy) is 2. The van der Waals surface area contributed by atoms with Crippen LogP contribution < -0.4 is 14.5 Å². The Labute approximate surface area is 207 Å². The van der Waals surface area contributed by atoms with Crippen LogP contribution in [0.2, 0.25) is 0 Å². The molecule has 9 nitrogen and oxygen atoms in total. The molecule has 2 unspecified atom stereocenters. The second kappa shape index (κ2) is 8.90. The average molecular weight is 513 g/mol. The van der Waals surface area contributed by atoms with E-state index in [2.05, 4.69) is 4.98 Å². The first-order valence-corrected chi connectivity index (χ1v) is 12.4. The number of phenols is 1. The Bertz CT molecular complexity index is 1400. The zero-order chi connectivity index (χ0) is 24.9. The normalized spacial score (nSPS) is 21.0. The van der Waals surface area contributed by atoms with Gasteiger partial charge in [0.05, 0.1) is 35.9 Å². The number of thioether (sulfide) groups is 1. The molecule has 2 aliphatic heterocycles. The van der Waals surface area contributed by atoms with E-state index >= 15 is 0 Å². The molecule has 11 heteroatoms. The number of benzene rings is 2. The number of phenolic OH excluding ortho intramolecular Hbond substituents is 1. The van der Waals surface area contributed by atoms with Crippen molar-refractivity contribution in [2.75, 3.05) is 18.6 Å². The predicted octanol–water partition coefficient (Wildman–Crippen LogP) is 3.12. The molecule has 2 amide bonds. The number of imide groups is 1. The smallest absolute Gasteiger partial charge is 0.338 e. The van der Waals surface area contributed by atoms with E-state index in [9.17, 15) is 24.3 Å². The molecule has 1 saturated heterocycles. The van der Waals surface area contributed by atoms with Crippen LogP contribution in [0.1, 0.15) is 33.6 Å². The Morgan fingerprint density at radius 2 is 1.86 bits per heavy atom. The average Bonchev–Trinajstić information content (AvgIpc) is 3.34. The number of H-pyrrole nitrogens is 1. The number of nitrogens with one attached hydrogen (secondary N) is 1. The summed E-state index contributed by atoms with van der Waals surface area (Å²) < 4.78 is 10.2. The van der Waals surface area contributed by atoms with Gasteiger partial charge in [-0.15, -0.1) is 0 Å². The second-order valence-corrected chi connectivity index (χ2v) is 10.1. The lowest BCUT2D eigenvalue weighted by atomic mass is 9.83. The number of aromatic nitrogens is 1. The monoisotopic (exact) mass is 512 g/mol. The standard InChI is InChI=1S/C24H20N2O7S2/c1-3-33-23(30)11-4-7-13(8-5-11)26-21(28)17-16(12-6-9-14(27)15(10-12)32-2)18-20(25-24(31)35-18)34-19(17)22(26)29/h4-10,16-17,19,27H,3H2,1-2H3,(H,25,31)/t16-,17?,19?/m1/s1. The minimum atomic E-state index is -0.773. The Morgan fingerprint density at radius 3 is 2.54 bits per heavy atom. The highest BCUT2D eigenvalue weighted by atomic mass is 32.2. The van der Waals surface area contributed by atoms with Crippen LogP contribution in [-0.4, -0.2) is 46.8 Å². The summed E-state index contributed by atoms with van der Waals surface area (Å²) in [6, 6.07) is 10.9. The molecule has 3 aromatic rings. The van der Waals surface area contributed by atoms with Crippen LogP contribution >= 0.6 is 23.1 Å². The fourth-order valence-corrected chi connectivity index (χ4v) is 6.99. The number of fused-ring (bicyclic) bond motifs is 2. The number of esters is 1. The number of hydrogen-bond donors (Lipinski definition) is 2. The highest BCUT2D eigenvalue weighted by molar-refractivity contribution is 8.00. The summed E-state index contributed by atoms with van der Waals surface area (Å²) in [6.07, 6.45) is 0. The van der Waals surface area contributed by atoms with Gasteiger partial charge in [-0.25, -0.2) is 9.69 Å². The molecule has 0 radical (unpaired) electrons. The highest BCUT2D eigenvalue weighted by Gasteiger charge is 2.56. The third kappa shape index (κ3) is 3.80. The Kier molecular flexibility index (Phi) is 5.89. The number of methoxy groups -OCH3 is 1. The van der Waals surface area contributed by atoms with Crippen LogP contribution in [0.25, 0.3) is 0 Å². The van der Waals surface area contributed by atoms with Crippen LogP contribution in [-0.2, 0) is 14.3 Å². The fraction of sp³-hybridized carbons (Fsp3) is 0.250. The van der Waals surface area contributed by atoms with Gasteiger partial charge < -0.3 is 19.6 Å². The van der Waals surface area contributed by atoms with Crippen molar-refractivity contribution in [1.29, 1.82) is 0 Å². The summed E-state index contributed by atoms with van der Waals surface area (Å²) in [5.41, 5.74) is 1.31. The van der Waals surface area contributed by atoms with E-state index in [-0.39, 0.29) is 23.0 Å². The van der Waals surface area contributed by atoms with Crippen molar-refractivity contribution in [3.63, 3.8) is 0 Å². The molecule has 5 rings (SSSR count). The largest absolute Gasteiger partial charge is 0.504 e. The van der Waals surface area contributed by atoms with Gasteiger partial charge in [-0.3, -0.25) is 14.4 Å². The van der Waals surface area contributed by atoms with Crippen molar-refractivity contribution in [1.82, 2.24) is 4.98 Å². The van der Waals surface area contributed by atoms with Gasteiger partial charge in [-0.1, -0.05) is 29.2 Å². The van der Waals surface area contributed by atoms with E-state index in [1.165, 1.54) is 37.1 Å². The van der Waals surface area contributed by atoms with E-state index in [1.807, 2.05) is 0 Å². The van der Waals surface area contributed by atoms with Crippen molar-refractivity contribution < 1.29 is 29.0 Å². The molecule has 1 fully saturated rings. The minimum Gasteiger partial charge on any atom is -0.504 e. The van der Waals surface area contributed by atoms with Gasteiger partial charge in [-0.2, -0.15) is 0 Å². The van der Waals surface area contributed by atoms with Gasteiger partial charge in [0.1, 0.15) is 5.25 Å². The van der Waals surface area contributed by atoms with Crippen LogP contribution in [0, 0.1) is 5.92 Å². The maximum atomic E-state index is 13.7. The second-order valence-electron chi connectivity index (χ2n) is 7.96. The Hall–Kier alpha value is -3.57. The van der Waals surface area contributed by atoms with Gasteiger partial charge >= 0.3 is 10.8 Å². The van der Waals surface area contributed by atoms with Crippen molar-refractivity contribution in [3.05, 3.63) is 68.1 Å². The van der Waals surface area contributed by atoms with E-state index in [0.717, 1.165) is 16.2 Å². The maximum absolute atomic E-state index is 13.7. The quantitative estimate of drug-likeness (QED) is 0.395. The van der Waals surface area contributed by atoms with E-state index in [1.54, 1.807) is 31.2 Å². The number of amides is 2. The number of aromatic hydroxyl groups is 1. The molecule has 0 bridgehead atoms. The first-order valence-electron chi connectivity index (χ1n) is 10.8. The number of carbonyl (C=O) groups excluding carboxylic acids is 3. The van der Waals surface area contributed by atoms with Crippen LogP contribution in [0.5, 0.6) is 11.5 Å². The lowest BCUT2D eigenvalue weighted by molar-refractivity contribution is -0.122. The molecular formula is C24H20N2O7S2. The summed E-state index contributed by atoms with van der Waals surface area (Å²) in [7, 11) is 1.42. The lowest BCUT2D eigenvalue weighted by Crippen LogP contribution is -2.32. The molecule has 2 aromatic carbocycles. The van der Waals surface area contributed by atoms with Crippen LogP contribution in [0.15, 0.2) is 52.3 Å². The van der Waals surface area contributed by atoms with Crippen molar-refractivity contribution in [2.24, 2.45) is 5.92 Å². The van der Waals surface area contributed by atoms with Gasteiger partial charge in [-0.05, 0) is 48.9 Å². The zero-order valence-electron chi connectivity index (χ0n) is 18.6. The number of carbonyl (C=O) groups is 3. The summed E-state index contributed by atoms with van der Waals surface area (Å²) in [6.45, 7) is 1.94. The summed E-state index contributed by atoms with van der Waals surface area (Å²) in [5, 5.41) is 9.85. The van der Waals surface area contributed by atoms with Crippen LogP contribution in [0.3, 0.4) is 0 Å². The number of hydrogen-bond acceptors (Lipinski definition) is 9. The Balaban J connectivity index is 1.56. The Morgan fingerprint density at radius 1 is 1.11 bits per heavy atom. The molecule has 2 aliphatic rings. The topological polar surface area (TPSA) is 126 Å². The molecule has 3 atom stereocenters. The molecular weight excluding hydrogens is 492 g/mol. The van der Waals surface area contributed by atoms with Crippen molar-refractivity contribution >= 4 is 46.6 Å². The summed E-state index contributed by atoms with van der Waals surface area (Å²) >= 11 is 2.17. The molecule has 35 heavy (non-hydrogen) atoms. The number of anilines is 1. The summed E-state index contributed by atoms with van der Waals surface area (Å²) in [5.74, 6) is -2.48. The summed E-state index contributed by atoms with van der Waals surface area (Å²) in [4.78, 5) is 55.7.